The van der Waals surface area contributed by atoms with Crippen LogP contribution in [0.5, 0.6) is 0 Å². The standard InChI is InChI=1S/C21H22F3N3O/c22-21(23,24)17-7-4-8-18(12-17)27-19-11-16(13-25-14-19)20(28)26-10-9-15-5-2-1-3-6-15/h4-5,7-8,11-14,27H,1-3,6,9-10H2,(H,26,28). The fourth-order valence-corrected chi connectivity index (χ4v) is 3.14. The van der Waals surface area contributed by atoms with E-state index >= 15 is 0 Å². The van der Waals surface area contributed by atoms with Crippen LogP contribution in [0, 0.1) is 0 Å². The minimum Gasteiger partial charge on any atom is -0.354 e. The second kappa shape index (κ2) is 8.91. The van der Waals surface area contributed by atoms with Crippen LogP contribution >= 0.6 is 0 Å². The largest absolute Gasteiger partial charge is 0.416 e. The molecule has 0 saturated carbocycles. The number of halogens is 3. The molecular weight excluding hydrogens is 367 g/mol. The summed E-state index contributed by atoms with van der Waals surface area (Å²) in [4.78, 5) is 16.3. The number of hydrogen-bond donors (Lipinski definition) is 2. The second-order valence-corrected chi connectivity index (χ2v) is 6.78. The van der Waals surface area contributed by atoms with E-state index in [9.17, 15) is 18.0 Å². The Balaban J connectivity index is 1.60. The number of benzene rings is 1. The minimum atomic E-state index is -4.41. The van der Waals surface area contributed by atoms with E-state index in [0.29, 0.717) is 17.8 Å². The van der Waals surface area contributed by atoms with Crippen molar-refractivity contribution in [2.45, 2.75) is 38.3 Å². The number of allylic oxidation sites excluding steroid dienone is 1. The van der Waals surface area contributed by atoms with E-state index in [0.717, 1.165) is 31.4 Å². The molecule has 1 aliphatic carbocycles. The highest BCUT2D eigenvalue weighted by atomic mass is 19.4. The lowest BCUT2D eigenvalue weighted by molar-refractivity contribution is -0.137. The SMILES string of the molecule is O=C(NCCC1=CCCCC1)c1cncc(Nc2cccc(C(F)(F)F)c2)c1. The van der Waals surface area contributed by atoms with Gasteiger partial charge >= 0.3 is 6.18 Å². The molecule has 0 radical (unpaired) electrons. The van der Waals surface area contributed by atoms with Crippen molar-refractivity contribution < 1.29 is 18.0 Å². The lowest BCUT2D eigenvalue weighted by Crippen LogP contribution is -2.25. The van der Waals surface area contributed by atoms with Crippen LogP contribution in [0.2, 0.25) is 0 Å². The van der Waals surface area contributed by atoms with Crippen molar-refractivity contribution >= 4 is 17.3 Å². The molecule has 0 aliphatic heterocycles. The van der Waals surface area contributed by atoms with Crippen molar-refractivity contribution in [2.75, 3.05) is 11.9 Å². The van der Waals surface area contributed by atoms with Gasteiger partial charge in [-0.25, -0.2) is 0 Å². The summed E-state index contributed by atoms with van der Waals surface area (Å²) in [6.07, 6.45) is 6.20. The summed E-state index contributed by atoms with van der Waals surface area (Å²) in [5.41, 5.74) is 1.72. The van der Waals surface area contributed by atoms with Crippen LogP contribution in [-0.4, -0.2) is 17.4 Å². The van der Waals surface area contributed by atoms with Gasteiger partial charge in [-0.2, -0.15) is 13.2 Å². The lowest BCUT2D eigenvalue weighted by atomic mass is 9.97. The number of amides is 1. The van der Waals surface area contributed by atoms with E-state index in [1.165, 1.54) is 42.9 Å². The number of carbonyl (C=O) groups excluding carboxylic acids is 1. The highest BCUT2D eigenvalue weighted by Crippen LogP contribution is 2.31. The Bertz CT molecular complexity index is 862. The quantitative estimate of drug-likeness (QED) is 0.645. The van der Waals surface area contributed by atoms with Gasteiger partial charge in [0.05, 0.1) is 23.0 Å². The van der Waals surface area contributed by atoms with Gasteiger partial charge in [0.25, 0.3) is 5.91 Å². The molecule has 0 atom stereocenters. The van der Waals surface area contributed by atoms with E-state index in [1.807, 2.05) is 0 Å². The van der Waals surface area contributed by atoms with Crippen LogP contribution in [0.25, 0.3) is 0 Å². The maximum atomic E-state index is 12.8. The zero-order chi connectivity index (χ0) is 20.0. The number of aromatic nitrogens is 1. The van der Waals surface area contributed by atoms with Crippen LogP contribution < -0.4 is 10.6 Å². The van der Waals surface area contributed by atoms with Crippen molar-refractivity contribution in [3.8, 4) is 0 Å². The maximum absolute atomic E-state index is 12.8. The van der Waals surface area contributed by atoms with E-state index in [-0.39, 0.29) is 11.6 Å². The van der Waals surface area contributed by atoms with Gasteiger partial charge in [0.1, 0.15) is 0 Å². The van der Waals surface area contributed by atoms with Crippen molar-refractivity contribution in [1.29, 1.82) is 0 Å². The summed E-state index contributed by atoms with van der Waals surface area (Å²) in [6.45, 7) is 0.552. The molecule has 0 unspecified atom stereocenters. The Hall–Kier alpha value is -2.83. The van der Waals surface area contributed by atoms with Gasteiger partial charge in [0.15, 0.2) is 0 Å². The number of carbonyl (C=O) groups is 1. The van der Waals surface area contributed by atoms with Crippen LogP contribution in [0.15, 0.2) is 54.4 Å². The monoisotopic (exact) mass is 389 g/mol. The fraction of sp³-hybridized carbons (Fsp3) is 0.333. The average molecular weight is 389 g/mol. The molecule has 0 saturated heterocycles. The number of nitrogens with one attached hydrogen (secondary N) is 2. The topological polar surface area (TPSA) is 54.0 Å². The molecule has 1 heterocycles. The summed E-state index contributed by atoms with van der Waals surface area (Å²) in [5.74, 6) is -0.253. The Morgan fingerprint density at radius 1 is 1.11 bits per heavy atom. The number of hydrogen-bond acceptors (Lipinski definition) is 3. The molecule has 1 aliphatic rings. The molecule has 3 rings (SSSR count). The molecule has 4 nitrogen and oxygen atoms in total. The molecular formula is C21H22F3N3O. The van der Waals surface area contributed by atoms with E-state index < -0.39 is 11.7 Å². The third kappa shape index (κ3) is 5.58. The van der Waals surface area contributed by atoms with Crippen molar-refractivity contribution in [1.82, 2.24) is 10.3 Å². The molecule has 0 spiro atoms. The van der Waals surface area contributed by atoms with Crippen LogP contribution in [0.1, 0.15) is 48.0 Å². The number of alkyl halides is 3. The van der Waals surface area contributed by atoms with Crippen molar-refractivity contribution in [3.63, 3.8) is 0 Å². The third-order valence-corrected chi connectivity index (χ3v) is 4.60. The van der Waals surface area contributed by atoms with Crippen LogP contribution in [-0.2, 0) is 6.18 Å². The summed E-state index contributed by atoms with van der Waals surface area (Å²) >= 11 is 0. The molecule has 7 heteroatoms. The minimum absolute atomic E-state index is 0.253. The van der Waals surface area contributed by atoms with Gasteiger partial charge in [-0.05, 0) is 56.4 Å². The molecule has 0 bridgehead atoms. The smallest absolute Gasteiger partial charge is 0.354 e. The number of rotatable bonds is 6. The normalized spacial score (nSPS) is 14.3. The van der Waals surface area contributed by atoms with Gasteiger partial charge in [0, 0.05) is 18.4 Å². The second-order valence-electron chi connectivity index (χ2n) is 6.78. The first-order valence-electron chi connectivity index (χ1n) is 9.27. The number of nitrogens with zero attached hydrogens (tertiary/aromatic N) is 1. The first-order chi connectivity index (χ1) is 13.4. The Morgan fingerprint density at radius 3 is 2.71 bits per heavy atom. The van der Waals surface area contributed by atoms with Gasteiger partial charge in [-0.3, -0.25) is 9.78 Å². The summed E-state index contributed by atoms with van der Waals surface area (Å²) < 4.78 is 38.5. The Labute approximate surface area is 161 Å². The predicted molar refractivity (Wildman–Crippen MR) is 102 cm³/mol. The third-order valence-electron chi connectivity index (χ3n) is 4.60. The molecule has 148 valence electrons. The van der Waals surface area contributed by atoms with Crippen LogP contribution in [0.3, 0.4) is 0 Å². The van der Waals surface area contributed by atoms with Gasteiger partial charge in [0.2, 0.25) is 0 Å². The maximum Gasteiger partial charge on any atom is 0.416 e. The summed E-state index contributed by atoms with van der Waals surface area (Å²) in [6, 6.07) is 6.46. The summed E-state index contributed by atoms with van der Waals surface area (Å²) in [7, 11) is 0. The predicted octanol–water partition coefficient (Wildman–Crippen LogP) is 5.46. The van der Waals surface area contributed by atoms with Gasteiger partial charge in [-0.15, -0.1) is 0 Å². The van der Waals surface area contributed by atoms with Gasteiger partial charge in [-0.1, -0.05) is 17.7 Å². The van der Waals surface area contributed by atoms with Crippen molar-refractivity contribution in [3.05, 3.63) is 65.5 Å². The molecule has 1 amide bonds. The van der Waals surface area contributed by atoms with E-state index in [4.69, 9.17) is 0 Å². The number of anilines is 2. The number of pyridine rings is 1. The summed E-state index contributed by atoms with van der Waals surface area (Å²) in [5, 5.41) is 5.74. The van der Waals surface area contributed by atoms with Gasteiger partial charge < -0.3 is 10.6 Å². The Morgan fingerprint density at radius 2 is 1.96 bits per heavy atom. The zero-order valence-electron chi connectivity index (χ0n) is 15.4. The molecule has 2 aromatic rings. The fourth-order valence-electron chi connectivity index (χ4n) is 3.14. The van der Waals surface area contributed by atoms with E-state index in [2.05, 4.69) is 21.7 Å². The lowest BCUT2D eigenvalue weighted by Gasteiger charge is -2.13. The molecule has 1 aromatic carbocycles. The molecule has 0 fully saturated rings. The first-order valence-corrected chi connectivity index (χ1v) is 9.27. The highest BCUT2D eigenvalue weighted by Gasteiger charge is 2.30. The Kier molecular flexibility index (Phi) is 6.34. The van der Waals surface area contributed by atoms with Crippen molar-refractivity contribution in [2.24, 2.45) is 0 Å². The average Bonchev–Trinajstić information content (AvgIpc) is 2.68. The highest BCUT2D eigenvalue weighted by molar-refractivity contribution is 5.94. The molecule has 28 heavy (non-hydrogen) atoms. The van der Waals surface area contributed by atoms with E-state index in [1.54, 1.807) is 6.07 Å². The zero-order valence-corrected chi connectivity index (χ0v) is 15.4. The molecule has 1 aromatic heterocycles. The first kappa shape index (κ1) is 19.9. The molecule has 2 N–H and O–H groups in total. The van der Waals surface area contributed by atoms with Crippen LogP contribution in [0.4, 0.5) is 24.5 Å².